The Hall–Kier alpha value is -2.65. The summed E-state index contributed by atoms with van der Waals surface area (Å²) in [4.78, 5) is 15.9. The quantitative estimate of drug-likeness (QED) is 0.522. The summed E-state index contributed by atoms with van der Waals surface area (Å²) in [6.45, 7) is 1.49. The van der Waals surface area contributed by atoms with Gasteiger partial charge in [-0.15, -0.1) is 0 Å². The van der Waals surface area contributed by atoms with Crippen molar-refractivity contribution in [3.05, 3.63) is 77.6 Å². The molecule has 0 unspecified atom stereocenters. The number of aliphatic hydroxyl groups is 1. The highest BCUT2D eigenvalue weighted by Gasteiger charge is 2.32. The highest BCUT2D eigenvalue weighted by atomic mass is 32.2. The van der Waals surface area contributed by atoms with E-state index in [2.05, 4.69) is 10.3 Å². The van der Waals surface area contributed by atoms with Gasteiger partial charge in [-0.3, -0.25) is 4.79 Å². The third-order valence-electron chi connectivity index (χ3n) is 5.27. The third-order valence-corrected chi connectivity index (χ3v) is 6.46. The maximum Gasteiger partial charge on any atom is 0.221 e. The summed E-state index contributed by atoms with van der Waals surface area (Å²) >= 11 is 1.65. The van der Waals surface area contributed by atoms with Crippen molar-refractivity contribution >= 4 is 23.4 Å². The van der Waals surface area contributed by atoms with Crippen LogP contribution in [0, 0.1) is 0 Å². The molecular formula is C24H27N3O4S. The van der Waals surface area contributed by atoms with Crippen LogP contribution >= 0.6 is 11.8 Å². The van der Waals surface area contributed by atoms with Crippen molar-refractivity contribution in [2.24, 2.45) is 7.05 Å². The van der Waals surface area contributed by atoms with E-state index >= 15 is 0 Å². The number of anilines is 1. The van der Waals surface area contributed by atoms with Gasteiger partial charge < -0.3 is 24.5 Å². The van der Waals surface area contributed by atoms with Crippen LogP contribution in [0.4, 0.5) is 5.69 Å². The van der Waals surface area contributed by atoms with Crippen LogP contribution in [0.3, 0.4) is 0 Å². The molecule has 1 amide bonds. The molecule has 7 nitrogen and oxygen atoms in total. The van der Waals surface area contributed by atoms with Gasteiger partial charge in [0.15, 0.2) is 11.4 Å². The van der Waals surface area contributed by atoms with Crippen LogP contribution in [0.2, 0.25) is 0 Å². The smallest absolute Gasteiger partial charge is 0.221 e. The molecule has 3 atom stereocenters. The van der Waals surface area contributed by atoms with Crippen molar-refractivity contribution in [2.45, 2.75) is 43.6 Å². The summed E-state index contributed by atoms with van der Waals surface area (Å²) in [7, 11) is 1.97. The first kappa shape index (κ1) is 22.5. The van der Waals surface area contributed by atoms with E-state index in [0.717, 1.165) is 27.6 Å². The summed E-state index contributed by atoms with van der Waals surface area (Å²) in [5.74, 6) is 0.611. The Kier molecular flexibility index (Phi) is 7.26. The number of carbonyl (C=O) groups is 1. The largest absolute Gasteiger partial charge is 0.392 e. The fourth-order valence-corrected chi connectivity index (χ4v) is 4.60. The van der Waals surface area contributed by atoms with Crippen molar-refractivity contribution in [2.75, 3.05) is 11.1 Å². The topological polar surface area (TPSA) is 85.6 Å². The van der Waals surface area contributed by atoms with Crippen molar-refractivity contribution in [3.63, 3.8) is 0 Å². The van der Waals surface area contributed by atoms with E-state index < -0.39 is 6.29 Å². The minimum absolute atomic E-state index is 0.0103. The molecule has 168 valence electrons. The predicted molar refractivity (Wildman–Crippen MR) is 123 cm³/mol. The van der Waals surface area contributed by atoms with Gasteiger partial charge in [-0.05, 0) is 23.3 Å². The second-order valence-electron chi connectivity index (χ2n) is 7.79. The van der Waals surface area contributed by atoms with Gasteiger partial charge in [0.25, 0.3) is 0 Å². The maximum atomic E-state index is 11.5. The highest BCUT2D eigenvalue weighted by Crippen LogP contribution is 2.39. The van der Waals surface area contributed by atoms with Crippen molar-refractivity contribution in [1.82, 2.24) is 9.55 Å². The molecule has 3 aromatic rings. The SMILES string of the molecule is CC(=O)Nc1cccc([C@@H]2O[C@H](CSc3nccn3C)C[C@H](c3ccc(CO)cc3)O2)c1. The number of aryl methyl sites for hydroxylation is 1. The molecule has 0 aliphatic carbocycles. The number of amides is 1. The van der Waals surface area contributed by atoms with E-state index in [0.29, 0.717) is 12.1 Å². The molecule has 4 rings (SSSR count). The summed E-state index contributed by atoms with van der Waals surface area (Å²) in [6, 6.07) is 15.4. The van der Waals surface area contributed by atoms with Crippen LogP contribution < -0.4 is 5.32 Å². The number of benzene rings is 2. The summed E-state index contributed by atoms with van der Waals surface area (Å²) in [6.07, 6.45) is 3.65. The molecule has 1 saturated heterocycles. The second kappa shape index (κ2) is 10.3. The van der Waals surface area contributed by atoms with Crippen LogP contribution in [0.25, 0.3) is 0 Å². The van der Waals surface area contributed by atoms with E-state index in [4.69, 9.17) is 9.47 Å². The molecule has 2 aromatic carbocycles. The Morgan fingerprint density at radius 3 is 2.72 bits per heavy atom. The lowest BCUT2D eigenvalue weighted by molar-refractivity contribution is -0.245. The molecule has 0 bridgehead atoms. The average Bonchev–Trinajstić information content (AvgIpc) is 3.22. The molecule has 0 spiro atoms. The number of thioether (sulfide) groups is 1. The Morgan fingerprint density at radius 1 is 1.22 bits per heavy atom. The molecule has 8 heteroatoms. The lowest BCUT2D eigenvalue weighted by Gasteiger charge is -2.36. The number of hydrogen-bond acceptors (Lipinski definition) is 6. The van der Waals surface area contributed by atoms with Gasteiger partial charge in [-0.2, -0.15) is 0 Å². The van der Waals surface area contributed by atoms with Crippen LogP contribution in [-0.2, 0) is 27.9 Å². The third kappa shape index (κ3) is 5.58. The van der Waals surface area contributed by atoms with Gasteiger partial charge >= 0.3 is 0 Å². The van der Waals surface area contributed by atoms with Crippen LogP contribution in [-0.4, -0.2) is 32.4 Å². The fraction of sp³-hybridized carbons (Fsp3) is 0.333. The Morgan fingerprint density at radius 2 is 2.03 bits per heavy atom. The molecule has 1 aromatic heterocycles. The first-order valence-corrected chi connectivity index (χ1v) is 11.5. The number of nitrogens with one attached hydrogen (secondary N) is 1. The molecule has 32 heavy (non-hydrogen) atoms. The zero-order chi connectivity index (χ0) is 22.5. The molecule has 0 radical (unpaired) electrons. The number of hydrogen-bond donors (Lipinski definition) is 2. The molecule has 1 fully saturated rings. The molecule has 2 N–H and O–H groups in total. The van der Waals surface area contributed by atoms with E-state index in [1.54, 1.807) is 18.0 Å². The Balaban J connectivity index is 1.55. The number of carbonyl (C=O) groups excluding carboxylic acids is 1. The second-order valence-corrected chi connectivity index (χ2v) is 8.78. The van der Waals surface area contributed by atoms with Gasteiger partial charge in [-0.1, -0.05) is 48.2 Å². The van der Waals surface area contributed by atoms with Gasteiger partial charge in [0.1, 0.15) is 0 Å². The Bertz CT molecular complexity index is 1050. The van der Waals surface area contributed by atoms with Gasteiger partial charge in [0.05, 0.1) is 18.8 Å². The fourth-order valence-electron chi connectivity index (χ4n) is 3.65. The average molecular weight is 454 g/mol. The standard InChI is InChI=1S/C24H27N3O4S/c1-16(29)26-20-5-3-4-19(12-20)23-30-21(15-32-24-25-10-11-27(24)2)13-22(31-23)18-8-6-17(14-28)7-9-18/h3-12,21-23,28H,13-15H2,1-2H3,(H,26,29)/t21-,22+,23+/m0/s1. The molecule has 0 saturated carbocycles. The highest BCUT2D eigenvalue weighted by molar-refractivity contribution is 7.99. The first-order valence-electron chi connectivity index (χ1n) is 10.5. The number of rotatable bonds is 7. The van der Waals surface area contributed by atoms with Crippen LogP contribution in [0.5, 0.6) is 0 Å². The molecular weight excluding hydrogens is 426 g/mol. The number of ether oxygens (including phenoxy) is 2. The minimum atomic E-state index is -0.563. The number of imidazole rings is 1. The molecule has 1 aliphatic heterocycles. The summed E-state index contributed by atoms with van der Waals surface area (Å²) in [5, 5.41) is 13.1. The maximum absolute atomic E-state index is 11.5. The number of aliphatic hydroxyl groups excluding tert-OH is 1. The summed E-state index contributed by atoms with van der Waals surface area (Å²) < 4.78 is 14.7. The summed E-state index contributed by atoms with van der Waals surface area (Å²) in [5.41, 5.74) is 3.46. The van der Waals surface area contributed by atoms with Crippen molar-refractivity contribution < 1.29 is 19.4 Å². The zero-order valence-corrected chi connectivity index (χ0v) is 18.9. The van der Waals surface area contributed by atoms with E-state index in [1.165, 1.54) is 6.92 Å². The van der Waals surface area contributed by atoms with Gasteiger partial charge in [0, 0.05) is 49.8 Å². The molecule has 2 heterocycles. The normalized spacial score (nSPS) is 20.8. The number of aromatic nitrogens is 2. The monoisotopic (exact) mass is 453 g/mol. The van der Waals surface area contributed by atoms with Gasteiger partial charge in [0.2, 0.25) is 5.91 Å². The predicted octanol–water partition coefficient (Wildman–Crippen LogP) is 4.21. The zero-order valence-electron chi connectivity index (χ0n) is 18.1. The van der Waals surface area contributed by atoms with Crippen molar-refractivity contribution in [1.29, 1.82) is 0 Å². The van der Waals surface area contributed by atoms with E-state index in [1.807, 2.05) is 66.3 Å². The van der Waals surface area contributed by atoms with Crippen molar-refractivity contribution in [3.8, 4) is 0 Å². The lowest BCUT2D eigenvalue weighted by Crippen LogP contribution is -2.31. The molecule has 1 aliphatic rings. The van der Waals surface area contributed by atoms with Gasteiger partial charge in [-0.25, -0.2) is 4.98 Å². The Labute approximate surface area is 191 Å². The number of nitrogens with zero attached hydrogens (tertiary/aromatic N) is 2. The minimum Gasteiger partial charge on any atom is -0.392 e. The van der Waals surface area contributed by atoms with E-state index in [9.17, 15) is 9.90 Å². The van der Waals surface area contributed by atoms with Crippen LogP contribution in [0.15, 0.2) is 66.1 Å². The first-order chi connectivity index (χ1) is 15.5. The van der Waals surface area contributed by atoms with E-state index in [-0.39, 0.29) is 24.7 Å². The van der Waals surface area contributed by atoms with Crippen LogP contribution in [0.1, 0.15) is 42.4 Å². The lowest BCUT2D eigenvalue weighted by atomic mass is 10.0.